The summed E-state index contributed by atoms with van der Waals surface area (Å²) in [5, 5.41) is 3.41. The van der Waals surface area contributed by atoms with E-state index >= 15 is 0 Å². The van der Waals surface area contributed by atoms with Crippen molar-refractivity contribution in [1.82, 2.24) is 10.2 Å². The molecular weight excluding hydrogens is 262 g/mol. The lowest BCUT2D eigenvalue weighted by Crippen LogP contribution is -2.58. The third-order valence-corrected chi connectivity index (χ3v) is 5.28. The molecule has 0 bridgehead atoms. The van der Waals surface area contributed by atoms with Crippen LogP contribution in [0.25, 0.3) is 0 Å². The molecule has 1 aromatic rings. The van der Waals surface area contributed by atoms with E-state index < -0.39 is 0 Å². The van der Waals surface area contributed by atoms with Crippen LogP contribution in [0, 0.1) is 0 Å². The molecule has 1 aliphatic heterocycles. The first-order chi connectivity index (χ1) is 10.2. The van der Waals surface area contributed by atoms with Crippen LogP contribution >= 0.6 is 0 Å². The molecule has 0 aromatic heterocycles. The molecule has 0 spiro atoms. The Bertz CT molecular complexity index is 531. The molecule has 0 unspecified atom stereocenters. The summed E-state index contributed by atoms with van der Waals surface area (Å²) in [5.74, 6) is 0.111. The molecule has 1 saturated carbocycles. The molecule has 21 heavy (non-hydrogen) atoms. The minimum absolute atomic E-state index is 0.106. The highest BCUT2D eigenvalue weighted by Gasteiger charge is 2.41. The van der Waals surface area contributed by atoms with Crippen molar-refractivity contribution in [1.29, 1.82) is 0 Å². The Balaban J connectivity index is 1.83. The van der Waals surface area contributed by atoms with Gasteiger partial charge in [0.15, 0.2) is 0 Å². The lowest BCUT2D eigenvalue weighted by Gasteiger charge is -2.48. The van der Waals surface area contributed by atoms with Gasteiger partial charge in [0.2, 0.25) is 0 Å². The number of nitrogens with zero attached hydrogens (tertiary/aromatic N) is 1. The van der Waals surface area contributed by atoms with Gasteiger partial charge in [0, 0.05) is 19.2 Å². The molecule has 4 nitrogen and oxygen atoms in total. The molecule has 1 aliphatic carbocycles. The minimum atomic E-state index is -0.106. The number of carbonyl (C=O) groups is 1. The number of amides is 1. The average molecular weight is 287 g/mol. The number of likely N-dealkylation sites (N-methyl/N-ethyl adjacent to an activating group) is 1. The van der Waals surface area contributed by atoms with E-state index in [-0.39, 0.29) is 11.4 Å². The maximum Gasteiger partial charge on any atom is 0.254 e. The lowest BCUT2D eigenvalue weighted by atomic mass is 9.75. The summed E-state index contributed by atoms with van der Waals surface area (Å²) >= 11 is 0. The van der Waals surface area contributed by atoms with Gasteiger partial charge in [0.25, 0.3) is 5.91 Å². The second-order valence-corrected chi connectivity index (χ2v) is 6.38. The van der Waals surface area contributed by atoms with Crippen molar-refractivity contribution in [3.05, 3.63) is 34.9 Å². The van der Waals surface area contributed by atoms with Crippen molar-refractivity contribution in [2.75, 3.05) is 26.7 Å². The predicted molar refractivity (Wildman–Crippen MR) is 84.4 cm³/mol. The van der Waals surface area contributed by atoms with Crippen molar-refractivity contribution in [2.24, 2.45) is 5.73 Å². The normalized spacial score (nSPS) is 20.1. The van der Waals surface area contributed by atoms with Gasteiger partial charge < -0.3 is 16.0 Å². The van der Waals surface area contributed by atoms with E-state index in [1.54, 1.807) is 0 Å². The van der Waals surface area contributed by atoms with Crippen molar-refractivity contribution in [2.45, 2.75) is 37.6 Å². The van der Waals surface area contributed by atoms with Crippen LogP contribution in [-0.4, -0.2) is 43.0 Å². The number of nitrogens with one attached hydrogen (secondary N) is 1. The molecular formula is C17H25N3O. The van der Waals surface area contributed by atoms with Gasteiger partial charge in [0.1, 0.15) is 0 Å². The molecule has 2 aliphatic rings. The molecule has 1 amide bonds. The van der Waals surface area contributed by atoms with Crippen LogP contribution < -0.4 is 11.1 Å². The first kappa shape index (κ1) is 14.5. The van der Waals surface area contributed by atoms with E-state index in [0.717, 1.165) is 44.3 Å². The van der Waals surface area contributed by atoms with Gasteiger partial charge in [-0.2, -0.15) is 0 Å². The first-order valence-corrected chi connectivity index (χ1v) is 7.97. The highest BCUT2D eigenvalue weighted by Crippen LogP contribution is 2.36. The molecule has 114 valence electrons. The standard InChI is InChI=1S/C17H25N3O/c1-20(17(12-18)7-2-8-17)16(21)15-4-3-13-5-9-19-10-6-14(13)11-15/h3-4,11,19H,2,5-10,12,18H2,1H3. The van der Waals surface area contributed by atoms with Crippen LogP contribution in [0.4, 0.5) is 0 Å². The van der Waals surface area contributed by atoms with Crippen molar-refractivity contribution in [3.8, 4) is 0 Å². The van der Waals surface area contributed by atoms with Gasteiger partial charge in [-0.3, -0.25) is 4.79 Å². The Hall–Kier alpha value is -1.39. The second-order valence-electron chi connectivity index (χ2n) is 6.38. The summed E-state index contributed by atoms with van der Waals surface area (Å²) in [6, 6.07) is 6.19. The highest BCUT2D eigenvalue weighted by molar-refractivity contribution is 5.95. The zero-order valence-electron chi connectivity index (χ0n) is 12.8. The van der Waals surface area contributed by atoms with E-state index in [0.29, 0.717) is 6.54 Å². The Morgan fingerprint density at radius 1 is 1.29 bits per heavy atom. The van der Waals surface area contributed by atoms with E-state index in [1.165, 1.54) is 17.5 Å². The SMILES string of the molecule is CN(C(=O)c1ccc2c(c1)CCNCC2)C1(CN)CCC1. The van der Waals surface area contributed by atoms with Crippen molar-refractivity contribution in [3.63, 3.8) is 0 Å². The molecule has 3 rings (SSSR count). The first-order valence-electron chi connectivity index (χ1n) is 7.97. The summed E-state index contributed by atoms with van der Waals surface area (Å²) < 4.78 is 0. The van der Waals surface area contributed by atoms with E-state index in [9.17, 15) is 4.79 Å². The Labute approximate surface area is 126 Å². The summed E-state index contributed by atoms with van der Waals surface area (Å²) in [6.45, 7) is 2.58. The fourth-order valence-corrected chi connectivity index (χ4v) is 3.48. The number of hydrogen-bond acceptors (Lipinski definition) is 3. The fraction of sp³-hybridized carbons (Fsp3) is 0.588. The molecule has 1 heterocycles. The predicted octanol–water partition coefficient (Wildman–Crippen LogP) is 1.33. The van der Waals surface area contributed by atoms with Crippen molar-refractivity contribution >= 4 is 5.91 Å². The quantitative estimate of drug-likeness (QED) is 0.882. The monoisotopic (exact) mass is 287 g/mol. The molecule has 1 aromatic carbocycles. The topological polar surface area (TPSA) is 58.4 Å². The number of rotatable bonds is 3. The van der Waals surface area contributed by atoms with E-state index in [2.05, 4.69) is 17.4 Å². The number of hydrogen-bond donors (Lipinski definition) is 2. The Morgan fingerprint density at radius 3 is 2.62 bits per heavy atom. The van der Waals surface area contributed by atoms with Crippen LogP contribution in [-0.2, 0) is 12.8 Å². The fourth-order valence-electron chi connectivity index (χ4n) is 3.48. The molecule has 1 fully saturated rings. The number of carbonyl (C=O) groups excluding carboxylic acids is 1. The summed E-state index contributed by atoms with van der Waals surface area (Å²) in [5.41, 5.74) is 9.30. The van der Waals surface area contributed by atoms with Gasteiger partial charge in [-0.05, 0) is 68.5 Å². The summed E-state index contributed by atoms with van der Waals surface area (Å²) in [6.07, 6.45) is 5.28. The van der Waals surface area contributed by atoms with Gasteiger partial charge in [-0.15, -0.1) is 0 Å². The lowest BCUT2D eigenvalue weighted by molar-refractivity contribution is 0.0321. The highest BCUT2D eigenvalue weighted by atomic mass is 16.2. The number of benzene rings is 1. The Morgan fingerprint density at radius 2 is 2.00 bits per heavy atom. The van der Waals surface area contributed by atoms with E-state index in [1.807, 2.05) is 18.0 Å². The Kier molecular flexibility index (Phi) is 4.00. The van der Waals surface area contributed by atoms with Crippen LogP contribution in [0.3, 0.4) is 0 Å². The van der Waals surface area contributed by atoms with Gasteiger partial charge in [-0.25, -0.2) is 0 Å². The minimum Gasteiger partial charge on any atom is -0.335 e. The van der Waals surface area contributed by atoms with Crippen LogP contribution in [0.5, 0.6) is 0 Å². The van der Waals surface area contributed by atoms with Crippen LogP contribution in [0.1, 0.15) is 40.7 Å². The average Bonchev–Trinajstić information content (AvgIpc) is 2.70. The number of nitrogens with two attached hydrogens (primary N) is 1. The van der Waals surface area contributed by atoms with E-state index in [4.69, 9.17) is 5.73 Å². The van der Waals surface area contributed by atoms with Gasteiger partial charge >= 0.3 is 0 Å². The zero-order chi connectivity index (χ0) is 14.9. The zero-order valence-corrected chi connectivity index (χ0v) is 12.8. The maximum atomic E-state index is 12.8. The molecule has 0 atom stereocenters. The summed E-state index contributed by atoms with van der Waals surface area (Å²) in [4.78, 5) is 14.7. The van der Waals surface area contributed by atoms with Crippen molar-refractivity contribution < 1.29 is 4.79 Å². The third-order valence-electron chi connectivity index (χ3n) is 5.28. The molecule has 0 radical (unpaired) electrons. The summed E-state index contributed by atoms with van der Waals surface area (Å²) in [7, 11) is 1.90. The third kappa shape index (κ3) is 2.58. The van der Waals surface area contributed by atoms with Crippen LogP contribution in [0.15, 0.2) is 18.2 Å². The van der Waals surface area contributed by atoms with Crippen LogP contribution in [0.2, 0.25) is 0 Å². The molecule has 4 heteroatoms. The maximum absolute atomic E-state index is 12.8. The smallest absolute Gasteiger partial charge is 0.254 e. The molecule has 3 N–H and O–H groups in total. The molecule has 0 saturated heterocycles. The van der Waals surface area contributed by atoms with Gasteiger partial charge in [-0.1, -0.05) is 6.07 Å². The second kappa shape index (κ2) is 5.78. The number of fused-ring (bicyclic) bond motifs is 1. The van der Waals surface area contributed by atoms with Gasteiger partial charge in [0.05, 0.1) is 5.54 Å². The largest absolute Gasteiger partial charge is 0.335 e.